The van der Waals surface area contributed by atoms with Gasteiger partial charge in [-0.1, -0.05) is 31.2 Å². The molecular formula is C14H21N3O. The first-order chi connectivity index (χ1) is 8.70. The molecule has 1 unspecified atom stereocenters. The first kappa shape index (κ1) is 12.9. The molecule has 2 N–H and O–H groups in total. The fourth-order valence-corrected chi connectivity index (χ4v) is 2.00. The summed E-state index contributed by atoms with van der Waals surface area (Å²) in [6.45, 7) is 4.40. The number of benzene rings is 1. The standard InChI is InChI=1S/C14H21N3O/c1-3-11-4-6-12(7-5-11)13(18)10-16-14-15-8-9-17(14)2/h4-7,13,18H,3,8-10H2,1-2H3,(H,15,16). The lowest BCUT2D eigenvalue weighted by Gasteiger charge is -2.18. The van der Waals surface area contributed by atoms with E-state index in [1.165, 1.54) is 5.56 Å². The van der Waals surface area contributed by atoms with Gasteiger partial charge in [0.25, 0.3) is 0 Å². The Balaban J connectivity index is 1.88. The Morgan fingerprint density at radius 3 is 2.67 bits per heavy atom. The van der Waals surface area contributed by atoms with Gasteiger partial charge in [-0.25, -0.2) is 0 Å². The van der Waals surface area contributed by atoms with Crippen molar-refractivity contribution in [1.29, 1.82) is 0 Å². The van der Waals surface area contributed by atoms with Crippen LogP contribution in [0.1, 0.15) is 24.2 Å². The molecular weight excluding hydrogens is 226 g/mol. The lowest BCUT2D eigenvalue weighted by atomic mass is 10.1. The predicted octanol–water partition coefficient (Wildman–Crippen LogP) is 1.17. The van der Waals surface area contributed by atoms with Crippen molar-refractivity contribution >= 4 is 5.96 Å². The Hall–Kier alpha value is -1.55. The highest BCUT2D eigenvalue weighted by Crippen LogP contribution is 2.13. The van der Waals surface area contributed by atoms with Crippen molar-refractivity contribution in [2.75, 3.05) is 26.7 Å². The number of nitrogens with one attached hydrogen (secondary N) is 1. The molecule has 0 bridgehead atoms. The minimum atomic E-state index is -0.493. The van der Waals surface area contributed by atoms with Crippen LogP contribution in [0, 0.1) is 0 Å². The highest BCUT2D eigenvalue weighted by atomic mass is 16.3. The number of aliphatic imine (C=N–C) groups is 1. The molecule has 98 valence electrons. The van der Waals surface area contributed by atoms with Gasteiger partial charge in [-0.05, 0) is 17.5 Å². The van der Waals surface area contributed by atoms with E-state index in [4.69, 9.17) is 0 Å². The summed E-state index contributed by atoms with van der Waals surface area (Å²) in [4.78, 5) is 6.39. The summed E-state index contributed by atoms with van der Waals surface area (Å²) in [6.07, 6.45) is 0.531. The Bertz CT molecular complexity index is 414. The summed E-state index contributed by atoms with van der Waals surface area (Å²) in [5.41, 5.74) is 2.24. The molecule has 0 radical (unpaired) electrons. The molecule has 0 amide bonds. The van der Waals surface area contributed by atoms with Gasteiger partial charge < -0.3 is 15.3 Å². The number of aliphatic hydroxyl groups excluding tert-OH is 1. The molecule has 4 nitrogen and oxygen atoms in total. The second kappa shape index (κ2) is 5.87. The van der Waals surface area contributed by atoms with Crippen LogP contribution in [0.25, 0.3) is 0 Å². The number of aryl methyl sites for hydroxylation is 1. The molecule has 0 aliphatic carbocycles. The number of likely N-dealkylation sites (N-methyl/N-ethyl adjacent to an activating group) is 1. The number of aliphatic hydroxyl groups is 1. The third kappa shape index (κ3) is 3.01. The average molecular weight is 247 g/mol. The fraction of sp³-hybridized carbons (Fsp3) is 0.500. The van der Waals surface area contributed by atoms with Crippen LogP contribution < -0.4 is 5.32 Å². The zero-order chi connectivity index (χ0) is 13.0. The number of hydrogen-bond donors (Lipinski definition) is 2. The van der Waals surface area contributed by atoms with Crippen LogP contribution in [0.5, 0.6) is 0 Å². The first-order valence-electron chi connectivity index (χ1n) is 6.47. The first-order valence-corrected chi connectivity index (χ1v) is 6.47. The van der Waals surface area contributed by atoms with Crippen molar-refractivity contribution in [2.24, 2.45) is 4.99 Å². The quantitative estimate of drug-likeness (QED) is 0.840. The smallest absolute Gasteiger partial charge is 0.193 e. The van der Waals surface area contributed by atoms with Crippen molar-refractivity contribution in [3.05, 3.63) is 35.4 Å². The highest BCUT2D eigenvalue weighted by molar-refractivity contribution is 5.81. The summed E-state index contributed by atoms with van der Waals surface area (Å²) in [6, 6.07) is 8.12. The second-order valence-corrected chi connectivity index (χ2v) is 4.62. The van der Waals surface area contributed by atoms with Crippen LogP contribution in [0.4, 0.5) is 0 Å². The van der Waals surface area contributed by atoms with E-state index in [2.05, 4.69) is 34.3 Å². The maximum absolute atomic E-state index is 10.1. The molecule has 0 fully saturated rings. The van der Waals surface area contributed by atoms with E-state index in [0.717, 1.165) is 31.0 Å². The molecule has 4 heteroatoms. The molecule has 0 saturated heterocycles. The van der Waals surface area contributed by atoms with Crippen LogP contribution in [0.2, 0.25) is 0 Å². The van der Waals surface area contributed by atoms with Gasteiger partial charge in [0.05, 0.1) is 12.6 Å². The van der Waals surface area contributed by atoms with Gasteiger partial charge in [-0.3, -0.25) is 4.99 Å². The van der Waals surface area contributed by atoms with Crippen LogP contribution in [-0.2, 0) is 6.42 Å². The van der Waals surface area contributed by atoms with Crippen molar-refractivity contribution in [1.82, 2.24) is 10.2 Å². The molecule has 1 aromatic rings. The molecule has 0 saturated carbocycles. The highest BCUT2D eigenvalue weighted by Gasteiger charge is 2.14. The summed E-state index contributed by atoms with van der Waals surface area (Å²) in [5.74, 6) is 0.874. The zero-order valence-electron chi connectivity index (χ0n) is 11.1. The van der Waals surface area contributed by atoms with Gasteiger partial charge in [0, 0.05) is 20.1 Å². The minimum Gasteiger partial charge on any atom is -0.387 e. The Labute approximate surface area is 108 Å². The minimum absolute atomic E-state index is 0.493. The van der Waals surface area contributed by atoms with Gasteiger partial charge >= 0.3 is 0 Å². The van der Waals surface area contributed by atoms with Crippen LogP contribution >= 0.6 is 0 Å². The van der Waals surface area contributed by atoms with Crippen molar-refractivity contribution in [3.63, 3.8) is 0 Å². The molecule has 1 aliphatic rings. The average Bonchev–Trinajstić information content (AvgIpc) is 2.81. The van der Waals surface area contributed by atoms with Gasteiger partial charge in [0.15, 0.2) is 5.96 Å². The third-order valence-corrected chi connectivity index (χ3v) is 3.28. The lowest BCUT2D eigenvalue weighted by Crippen LogP contribution is -2.37. The SMILES string of the molecule is CCc1ccc(C(O)CNC2=NCCN2C)cc1. The molecule has 0 spiro atoms. The van der Waals surface area contributed by atoms with Crippen molar-refractivity contribution in [3.8, 4) is 0 Å². The van der Waals surface area contributed by atoms with E-state index in [1.807, 2.05) is 19.2 Å². The maximum Gasteiger partial charge on any atom is 0.193 e. The predicted molar refractivity (Wildman–Crippen MR) is 73.7 cm³/mol. The molecule has 2 rings (SSSR count). The van der Waals surface area contributed by atoms with E-state index in [9.17, 15) is 5.11 Å². The lowest BCUT2D eigenvalue weighted by molar-refractivity contribution is 0.180. The largest absolute Gasteiger partial charge is 0.387 e. The maximum atomic E-state index is 10.1. The summed E-state index contributed by atoms with van der Waals surface area (Å²) < 4.78 is 0. The Morgan fingerprint density at radius 2 is 2.11 bits per heavy atom. The zero-order valence-corrected chi connectivity index (χ0v) is 11.1. The summed E-state index contributed by atoms with van der Waals surface area (Å²) in [5, 5.41) is 13.3. The van der Waals surface area contributed by atoms with Crippen LogP contribution in [0.15, 0.2) is 29.3 Å². The molecule has 1 heterocycles. The van der Waals surface area contributed by atoms with E-state index >= 15 is 0 Å². The van der Waals surface area contributed by atoms with Gasteiger partial charge in [0.1, 0.15) is 0 Å². The van der Waals surface area contributed by atoms with E-state index < -0.39 is 6.10 Å². The van der Waals surface area contributed by atoms with Gasteiger partial charge in [-0.15, -0.1) is 0 Å². The number of nitrogens with zero attached hydrogens (tertiary/aromatic N) is 2. The normalized spacial score (nSPS) is 16.6. The summed E-state index contributed by atoms with van der Waals surface area (Å²) in [7, 11) is 2.00. The number of guanidine groups is 1. The van der Waals surface area contributed by atoms with Crippen LogP contribution in [0.3, 0.4) is 0 Å². The number of hydrogen-bond acceptors (Lipinski definition) is 4. The van der Waals surface area contributed by atoms with E-state index in [0.29, 0.717) is 6.54 Å². The molecule has 18 heavy (non-hydrogen) atoms. The Morgan fingerprint density at radius 1 is 1.39 bits per heavy atom. The molecule has 0 aromatic heterocycles. The van der Waals surface area contributed by atoms with Crippen LogP contribution in [-0.4, -0.2) is 42.6 Å². The molecule has 1 aliphatic heterocycles. The van der Waals surface area contributed by atoms with Crippen molar-refractivity contribution < 1.29 is 5.11 Å². The Kier molecular flexibility index (Phi) is 4.20. The number of rotatable bonds is 4. The van der Waals surface area contributed by atoms with Crippen molar-refractivity contribution in [2.45, 2.75) is 19.4 Å². The monoisotopic (exact) mass is 247 g/mol. The fourth-order valence-electron chi connectivity index (χ4n) is 2.00. The van der Waals surface area contributed by atoms with Gasteiger partial charge in [0.2, 0.25) is 0 Å². The molecule has 1 aromatic carbocycles. The van der Waals surface area contributed by atoms with Gasteiger partial charge in [-0.2, -0.15) is 0 Å². The third-order valence-electron chi connectivity index (χ3n) is 3.28. The summed E-state index contributed by atoms with van der Waals surface area (Å²) >= 11 is 0. The van der Waals surface area contributed by atoms with E-state index in [-0.39, 0.29) is 0 Å². The van der Waals surface area contributed by atoms with E-state index in [1.54, 1.807) is 0 Å². The molecule has 1 atom stereocenters. The second-order valence-electron chi connectivity index (χ2n) is 4.62. The topological polar surface area (TPSA) is 47.9 Å².